The number of benzene rings is 1. The molecular weight excluding hydrogens is 334 g/mol. The molecule has 0 spiro atoms. The topological polar surface area (TPSA) is 0 Å². The average Bonchev–Trinajstić information content (AvgIpc) is 2.49. The predicted molar refractivity (Wildman–Crippen MR) is 94.6 cm³/mol. The van der Waals surface area contributed by atoms with E-state index in [4.69, 9.17) is 0 Å². The van der Waals surface area contributed by atoms with Gasteiger partial charge >= 0.3 is 0 Å². The van der Waals surface area contributed by atoms with Gasteiger partial charge in [0.1, 0.15) is 0 Å². The Balaban J connectivity index is 0.00000441. The Kier molecular flexibility index (Phi) is 11.9. The molecule has 0 heterocycles. The van der Waals surface area contributed by atoms with Crippen LogP contribution in [0.15, 0.2) is 30.3 Å². The van der Waals surface area contributed by atoms with Crippen LogP contribution in [0.3, 0.4) is 0 Å². The largest absolute Gasteiger partial charge is 1.00 e. The van der Waals surface area contributed by atoms with Gasteiger partial charge in [0.2, 0.25) is 0 Å². The van der Waals surface area contributed by atoms with Gasteiger partial charge < -0.3 is 21.5 Å². The smallest absolute Gasteiger partial charge is 0.0857 e. The SMILES string of the molecule is CCCCCCC(C)[N+](C)(C)CCCCc1ccccc1.[Br-]. The summed E-state index contributed by atoms with van der Waals surface area (Å²) in [6.07, 6.45) is 10.8. The second-order valence-electron chi connectivity index (χ2n) is 7.14. The van der Waals surface area contributed by atoms with E-state index in [2.05, 4.69) is 58.3 Å². The Morgan fingerprint density at radius 1 is 0.909 bits per heavy atom. The Morgan fingerprint density at radius 2 is 1.59 bits per heavy atom. The molecule has 2 heteroatoms. The molecule has 1 atom stereocenters. The Hall–Kier alpha value is -0.340. The van der Waals surface area contributed by atoms with Gasteiger partial charge in [-0.1, -0.05) is 56.5 Å². The summed E-state index contributed by atoms with van der Waals surface area (Å²) >= 11 is 0. The van der Waals surface area contributed by atoms with Gasteiger partial charge in [0.15, 0.2) is 0 Å². The second-order valence-corrected chi connectivity index (χ2v) is 7.14. The highest BCUT2D eigenvalue weighted by atomic mass is 79.9. The second kappa shape index (κ2) is 12.1. The van der Waals surface area contributed by atoms with E-state index in [1.54, 1.807) is 0 Å². The number of aryl methyl sites for hydroxylation is 1. The number of halogens is 1. The molecule has 22 heavy (non-hydrogen) atoms. The van der Waals surface area contributed by atoms with Crippen LogP contribution in [0.1, 0.15) is 64.4 Å². The van der Waals surface area contributed by atoms with E-state index in [-0.39, 0.29) is 17.0 Å². The van der Waals surface area contributed by atoms with Gasteiger partial charge in [0.05, 0.1) is 26.7 Å². The third-order valence-electron chi connectivity index (χ3n) is 4.96. The lowest BCUT2D eigenvalue weighted by atomic mass is 10.0. The van der Waals surface area contributed by atoms with Crippen LogP contribution in [0.5, 0.6) is 0 Å². The monoisotopic (exact) mass is 369 g/mol. The fourth-order valence-electron chi connectivity index (χ4n) is 2.93. The molecule has 0 saturated heterocycles. The summed E-state index contributed by atoms with van der Waals surface area (Å²) in [6.45, 7) is 6.03. The number of hydrogen-bond acceptors (Lipinski definition) is 0. The van der Waals surface area contributed by atoms with Crippen molar-refractivity contribution in [3.8, 4) is 0 Å². The summed E-state index contributed by atoms with van der Waals surface area (Å²) in [5, 5.41) is 0. The Labute approximate surface area is 149 Å². The third-order valence-corrected chi connectivity index (χ3v) is 4.96. The van der Waals surface area contributed by atoms with Crippen molar-refractivity contribution in [1.82, 2.24) is 0 Å². The first kappa shape index (κ1) is 21.7. The summed E-state index contributed by atoms with van der Waals surface area (Å²) in [6, 6.07) is 11.7. The van der Waals surface area contributed by atoms with E-state index in [0.717, 1.165) is 6.04 Å². The highest BCUT2D eigenvalue weighted by molar-refractivity contribution is 5.14. The maximum Gasteiger partial charge on any atom is 0.0857 e. The molecule has 0 saturated carbocycles. The van der Waals surface area contributed by atoms with Gasteiger partial charge in [-0.05, 0) is 44.6 Å². The lowest BCUT2D eigenvalue weighted by Gasteiger charge is -2.36. The molecule has 0 fully saturated rings. The normalized spacial score (nSPS) is 12.7. The van der Waals surface area contributed by atoms with Crippen molar-refractivity contribution < 1.29 is 21.5 Å². The van der Waals surface area contributed by atoms with Gasteiger partial charge in [0.25, 0.3) is 0 Å². The number of nitrogens with zero attached hydrogens (tertiary/aromatic N) is 1. The molecule has 1 nitrogen and oxygen atoms in total. The van der Waals surface area contributed by atoms with Crippen LogP contribution in [0.4, 0.5) is 0 Å². The molecule has 0 amide bonds. The lowest BCUT2D eigenvalue weighted by Crippen LogP contribution is -3.00. The van der Waals surface area contributed by atoms with E-state index < -0.39 is 0 Å². The Bertz CT molecular complexity index is 361. The van der Waals surface area contributed by atoms with Crippen molar-refractivity contribution in [3.05, 3.63) is 35.9 Å². The third kappa shape index (κ3) is 8.95. The van der Waals surface area contributed by atoms with Gasteiger partial charge in [0, 0.05) is 0 Å². The minimum Gasteiger partial charge on any atom is -1.00 e. The zero-order chi connectivity index (χ0) is 15.6. The van der Waals surface area contributed by atoms with E-state index in [9.17, 15) is 0 Å². The molecule has 0 N–H and O–H groups in total. The summed E-state index contributed by atoms with van der Waals surface area (Å²) < 4.78 is 1.18. The molecule has 128 valence electrons. The first-order chi connectivity index (χ1) is 10.1. The molecule has 0 aliphatic heterocycles. The number of rotatable bonds is 11. The summed E-state index contributed by atoms with van der Waals surface area (Å²) in [5.74, 6) is 0. The molecule has 0 aliphatic rings. The van der Waals surface area contributed by atoms with Crippen LogP contribution in [-0.4, -0.2) is 31.2 Å². The van der Waals surface area contributed by atoms with Crippen molar-refractivity contribution in [2.24, 2.45) is 0 Å². The van der Waals surface area contributed by atoms with E-state index in [1.807, 2.05) is 0 Å². The van der Waals surface area contributed by atoms with Gasteiger partial charge in [-0.25, -0.2) is 0 Å². The number of unbranched alkanes of at least 4 members (excludes halogenated alkanes) is 4. The van der Waals surface area contributed by atoms with Crippen molar-refractivity contribution in [3.63, 3.8) is 0 Å². The van der Waals surface area contributed by atoms with Gasteiger partial charge in [-0.3, -0.25) is 0 Å². The summed E-state index contributed by atoms with van der Waals surface area (Å²) in [5.41, 5.74) is 1.48. The molecular formula is C20H36BrN. The van der Waals surface area contributed by atoms with Crippen molar-refractivity contribution in [2.75, 3.05) is 20.6 Å². The van der Waals surface area contributed by atoms with Gasteiger partial charge in [-0.2, -0.15) is 0 Å². The van der Waals surface area contributed by atoms with Crippen molar-refractivity contribution >= 4 is 0 Å². The van der Waals surface area contributed by atoms with Crippen LogP contribution < -0.4 is 17.0 Å². The number of hydrogen-bond donors (Lipinski definition) is 0. The highest BCUT2D eigenvalue weighted by Crippen LogP contribution is 2.16. The van der Waals surface area contributed by atoms with Crippen LogP contribution >= 0.6 is 0 Å². The molecule has 1 aromatic carbocycles. The van der Waals surface area contributed by atoms with E-state index in [1.165, 1.54) is 68.0 Å². The first-order valence-electron chi connectivity index (χ1n) is 8.93. The van der Waals surface area contributed by atoms with Crippen LogP contribution in [0.25, 0.3) is 0 Å². The highest BCUT2D eigenvalue weighted by Gasteiger charge is 2.22. The first-order valence-corrected chi connectivity index (χ1v) is 8.93. The maximum absolute atomic E-state index is 2.43. The van der Waals surface area contributed by atoms with Crippen LogP contribution in [0.2, 0.25) is 0 Å². The van der Waals surface area contributed by atoms with Crippen LogP contribution in [0, 0.1) is 0 Å². The maximum atomic E-state index is 2.43. The zero-order valence-corrected chi connectivity index (χ0v) is 16.7. The summed E-state index contributed by atoms with van der Waals surface area (Å²) in [4.78, 5) is 0. The fourth-order valence-corrected chi connectivity index (χ4v) is 2.93. The molecule has 1 aromatic rings. The zero-order valence-electron chi connectivity index (χ0n) is 15.2. The average molecular weight is 370 g/mol. The minimum atomic E-state index is 0. The molecule has 1 unspecified atom stereocenters. The fraction of sp³-hybridized carbons (Fsp3) is 0.700. The minimum absolute atomic E-state index is 0. The van der Waals surface area contributed by atoms with E-state index in [0.29, 0.717) is 0 Å². The van der Waals surface area contributed by atoms with E-state index >= 15 is 0 Å². The van der Waals surface area contributed by atoms with Crippen LogP contribution in [-0.2, 0) is 6.42 Å². The molecule has 0 bridgehead atoms. The standard InChI is InChI=1S/C20H36N.BrH/c1-5-6-7-9-14-19(2)21(3,4)18-13-12-17-20-15-10-8-11-16-20;/h8,10-11,15-16,19H,5-7,9,12-14,17-18H2,1-4H3;1H/q+1;/p-1. The predicted octanol–water partition coefficient (Wildman–Crippen LogP) is 2.45. The molecule has 0 aromatic heterocycles. The van der Waals surface area contributed by atoms with Gasteiger partial charge in [-0.15, -0.1) is 0 Å². The quantitative estimate of drug-likeness (QED) is 0.415. The molecule has 1 rings (SSSR count). The molecule has 0 aliphatic carbocycles. The number of quaternary nitrogens is 1. The Morgan fingerprint density at radius 3 is 2.23 bits per heavy atom. The van der Waals surface area contributed by atoms with Crippen molar-refractivity contribution in [2.45, 2.75) is 71.3 Å². The van der Waals surface area contributed by atoms with Crippen molar-refractivity contribution in [1.29, 1.82) is 0 Å². The lowest BCUT2D eigenvalue weighted by molar-refractivity contribution is -0.913. The molecule has 0 radical (unpaired) electrons. The summed E-state index contributed by atoms with van der Waals surface area (Å²) in [7, 11) is 4.82.